The number of fused-ring (bicyclic) bond motifs is 1. The Hall–Kier alpha value is -1.95. The van der Waals surface area contributed by atoms with Crippen LogP contribution in [0, 0.1) is 16.7 Å². The van der Waals surface area contributed by atoms with Crippen molar-refractivity contribution in [3.8, 4) is 0 Å². The summed E-state index contributed by atoms with van der Waals surface area (Å²) >= 11 is 1.36. The van der Waals surface area contributed by atoms with Crippen molar-refractivity contribution in [3.05, 3.63) is 24.0 Å². The number of carbonyl (C=O) groups is 2. The van der Waals surface area contributed by atoms with Crippen LogP contribution in [0.5, 0.6) is 0 Å². The average molecular weight is 346 g/mol. The number of carbonyl (C=O) groups excluding carboxylic acids is 2. The summed E-state index contributed by atoms with van der Waals surface area (Å²) in [5.41, 5.74) is 0.308. The number of thiophene rings is 1. The van der Waals surface area contributed by atoms with Crippen LogP contribution in [0.25, 0.3) is 10.1 Å². The molecule has 1 aliphatic carbocycles. The van der Waals surface area contributed by atoms with E-state index in [-0.39, 0.29) is 29.3 Å². The van der Waals surface area contributed by atoms with Crippen molar-refractivity contribution in [1.82, 2.24) is 4.98 Å². The molecule has 1 fully saturated rings. The number of nitrogens with one attached hydrogen (secondary N) is 1. The van der Waals surface area contributed by atoms with Gasteiger partial charge in [0.1, 0.15) is 10.6 Å². The van der Waals surface area contributed by atoms with E-state index in [1.807, 2.05) is 0 Å². The van der Waals surface area contributed by atoms with E-state index in [2.05, 4.69) is 38.0 Å². The van der Waals surface area contributed by atoms with Crippen molar-refractivity contribution < 1.29 is 14.3 Å². The van der Waals surface area contributed by atoms with E-state index in [1.165, 1.54) is 11.3 Å². The SMILES string of the molecule is CCOC(=O)c1c(NC(=O)C2C(C)(C)C2(C)C)sc2cnccc12. The zero-order valence-corrected chi connectivity index (χ0v) is 15.4. The molecule has 1 amide bonds. The third-order valence-corrected chi connectivity index (χ3v) is 6.55. The topological polar surface area (TPSA) is 68.3 Å². The third-order valence-electron chi connectivity index (χ3n) is 5.49. The van der Waals surface area contributed by atoms with Gasteiger partial charge >= 0.3 is 5.97 Å². The second-order valence-electron chi connectivity index (χ2n) is 7.26. The number of pyridine rings is 1. The van der Waals surface area contributed by atoms with Gasteiger partial charge in [0.05, 0.1) is 11.3 Å². The summed E-state index contributed by atoms with van der Waals surface area (Å²) in [6, 6.07) is 1.78. The summed E-state index contributed by atoms with van der Waals surface area (Å²) in [6.45, 7) is 10.4. The molecule has 24 heavy (non-hydrogen) atoms. The Labute approximate surface area is 145 Å². The van der Waals surface area contributed by atoms with E-state index < -0.39 is 5.97 Å². The summed E-state index contributed by atoms with van der Waals surface area (Å²) in [5.74, 6) is -0.544. The van der Waals surface area contributed by atoms with Gasteiger partial charge in [-0.05, 0) is 23.8 Å². The van der Waals surface area contributed by atoms with Crippen molar-refractivity contribution in [2.45, 2.75) is 34.6 Å². The zero-order chi connectivity index (χ0) is 17.7. The van der Waals surface area contributed by atoms with Gasteiger partial charge in [0.2, 0.25) is 5.91 Å². The third kappa shape index (κ3) is 2.40. The predicted molar refractivity (Wildman–Crippen MR) is 95.3 cm³/mol. The number of hydrogen-bond acceptors (Lipinski definition) is 5. The molecule has 2 aromatic heterocycles. The fraction of sp³-hybridized carbons (Fsp3) is 0.500. The standard InChI is InChI=1S/C18H22N2O3S/c1-6-23-16(22)12-10-7-8-19-9-11(10)24-15(12)20-14(21)13-17(2,3)18(13,4)5/h7-9,13H,6H2,1-5H3,(H,20,21). The van der Waals surface area contributed by atoms with Crippen molar-refractivity contribution in [1.29, 1.82) is 0 Å². The number of amides is 1. The summed E-state index contributed by atoms with van der Waals surface area (Å²) < 4.78 is 6.02. The van der Waals surface area contributed by atoms with Crippen molar-refractivity contribution in [2.24, 2.45) is 16.7 Å². The highest BCUT2D eigenvalue weighted by Crippen LogP contribution is 2.68. The molecular formula is C18H22N2O3S. The van der Waals surface area contributed by atoms with Crippen LogP contribution in [0.1, 0.15) is 45.0 Å². The van der Waals surface area contributed by atoms with Gasteiger partial charge in [-0.15, -0.1) is 11.3 Å². The Morgan fingerprint density at radius 3 is 2.54 bits per heavy atom. The number of esters is 1. The van der Waals surface area contributed by atoms with Crippen molar-refractivity contribution in [3.63, 3.8) is 0 Å². The summed E-state index contributed by atoms with van der Waals surface area (Å²) in [6.07, 6.45) is 3.33. The fourth-order valence-corrected chi connectivity index (χ4v) is 4.54. The van der Waals surface area contributed by atoms with E-state index in [0.717, 1.165) is 10.1 Å². The Bertz CT molecular complexity index is 809. The number of rotatable bonds is 4. The Morgan fingerprint density at radius 2 is 1.96 bits per heavy atom. The number of ether oxygens (including phenoxy) is 1. The largest absolute Gasteiger partial charge is 0.462 e. The summed E-state index contributed by atoms with van der Waals surface area (Å²) in [4.78, 5) is 29.2. The molecule has 0 radical (unpaired) electrons. The van der Waals surface area contributed by atoms with E-state index in [9.17, 15) is 9.59 Å². The minimum Gasteiger partial charge on any atom is -0.462 e. The molecule has 0 aliphatic heterocycles. The maximum atomic E-state index is 12.7. The van der Waals surface area contributed by atoms with Gasteiger partial charge in [-0.1, -0.05) is 27.7 Å². The van der Waals surface area contributed by atoms with E-state index in [1.54, 1.807) is 25.4 Å². The number of anilines is 1. The number of hydrogen-bond donors (Lipinski definition) is 1. The fourth-order valence-electron chi connectivity index (χ4n) is 3.48. The minimum absolute atomic E-state index is 0.0462. The van der Waals surface area contributed by atoms with Gasteiger partial charge in [-0.2, -0.15) is 0 Å². The van der Waals surface area contributed by atoms with Gasteiger partial charge in [0.25, 0.3) is 0 Å². The van der Waals surface area contributed by atoms with Crippen LogP contribution in [0.2, 0.25) is 0 Å². The monoisotopic (exact) mass is 346 g/mol. The molecule has 6 heteroatoms. The highest BCUT2D eigenvalue weighted by atomic mass is 32.1. The van der Waals surface area contributed by atoms with Crippen LogP contribution >= 0.6 is 11.3 Å². The predicted octanol–water partition coefficient (Wildman–Crippen LogP) is 4.09. The van der Waals surface area contributed by atoms with Crippen LogP contribution in [0.15, 0.2) is 18.5 Å². The lowest BCUT2D eigenvalue weighted by atomic mass is 10.0. The second kappa shape index (κ2) is 5.55. The first-order valence-corrected chi connectivity index (χ1v) is 8.88. The van der Waals surface area contributed by atoms with E-state index in [4.69, 9.17) is 4.74 Å². The van der Waals surface area contributed by atoms with Crippen LogP contribution < -0.4 is 5.32 Å². The molecule has 0 bridgehead atoms. The Kier molecular flexibility index (Phi) is 3.91. The molecule has 2 heterocycles. The van der Waals surface area contributed by atoms with Crippen LogP contribution in [-0.4, -0.2) is 23.5 Å². The summed E-state index contributed by atoms with van der Waals surface area (Å²) in [7, 11) is 0. The minimum atomic E-state index is -0.417. The van der Waals surface area contributed by atoms with Crippen LogP contribution in [0.3, 0.4) is 0 Å². The lowest BCUT2D eigenvalue weighted by Crippen LogP contribution is -2.19. The first-order valence-electron chi connectivity index (χ1n) is 8.06. The molecule has 128 valence electrons. The first-order chi connectivity index (χ1) is 11.2. The molecule has 0 unspecified atom stereocenters. The van der Waals surface area contributed by atoms with E-state index >= 15 is 0 Å². The number of nitrogens with zero attached hydrogens (tertiary/aromatic N) is 1. The lowest BCUT2D eigenvalue weighted by molar-refractivity contribution is -0.118. The molecule has 3 rings (SSSR count). The Balaban J connectivity index is 1.96. The summed E-state index contributed by atoms with van der Waals surface area (Å²) in [5, 5.41) is 4.27. The first kappa shape index (κ1) is 16.9. The quantitative estimate of drug-likeness (QED) is 0.847. The molecule has 1 aliphatic rings. The normalized spacial score (nSPS) is 18.4. The lowest BCUT2D eigenvalue weighted by Gasteiger charge is -2.07. The molecule has 1 N–H and O–H groups in total. The average Bonchev–Trinajstić information content (AvgIpc) is 2.78. The van der Waals surface area contributed by atoms with Crippen molar-refractivity contribution in [2.75, 3.05) is 11.9 Å². The second-order valence-corrected chi connectivity index (χ2v) is 8.32. The maximum absolute atomic E-state index is 12.7. The molecule has 0 spiro atoms. The smallest absolute Gasteiger partial charge is 0.341 e. The maximum Gasteiger partial charge on any atom is 0.341 e. The number of aromatic nitrogens is 1. The highest BCUT2D eigenvalue weighted by Gasteiger charge is 2.68. The van der Waals surface area contributed by atoms with Gasteiger partial charge in [-0.3, -0.25) is 9.78 Å². The van der Waals surface area contributed by atoms with Crippen molar-refractivity contribution >= 4 is 38.3 Å². The van der Waals surface area contributed by atoms with E-state index in [0.29, 0.717) is 10.6 Å². The van der Waals surface area contributed by atoms with Gasteiger partial charge in [-0.25, -0.2) is 4.79 Å². The molecular weight excluding hydrogens is 324 g/mol. The van der Waals surface area contributed by atoms with Gasteiger partial charge in [0, 0.05) is 23.7 Å². The molecule has 1 saturated carbocycles. The van der Waals surface area contributed by atoms with Crippen LogP contribution in [0.4, 0.5) is 5.00 Å². The molecule has 0 atom stereocenters. The van der Waals surface area contributed by atoms with Gasteiger partial charge in [0.15, 0.2) is 0 Å². The van der Waals surface area contributed by atoms with Crippen LogP contribution in [-0.2, 0) is 9.53 Å². The molecule has 5 nitrogen and oxygen atoms in total. The molecule has 2 aromatic rings. The molecule has 0 saturated heterocycles. The highest BCUT2D eigenvalue weighted by molar-refractivity contribution is 7.23. The van der Waals surface area contributed by atoms with Gasteiger partial charge < -0.3 is 10.1 Å². The Morgan fingerprint density at radius 1 is 1.29 bits per heavy atom. The zero-order valence-electron chi connectivity index (χ0n) is 14.6. The molecule has 0 aromatic carbocycles.